The largest absolute Gasteiger partial charge is 0.469 e. The van der Waals surface area contributed by atoms with Crippen molar-refractivity contribution in [3.8, 4) is 0 Å². The van der Waals surface area contributed by atoms with Gasteiger partial charge in [0.25, 0.3) is 0 Å². The lowest BCUT2D eigenvalue weighted by Gasteiger charge is -2.21. The van der Waals surface area contributed by atoms with Gasteiger partial charge in [-0.3, -0.25) is 9.59 Å². The molecular weight excluding hydrogens is 242 g/mol. The van der Waals surface area contributed by atoms with E-state index in [2.05, 4.69) is 25.5 Å². The summed E-state index contributed by atoms with van der Waals surface area (Å²) in [4.78, 5) is 24.4. The number of methoxy groups -OCH3 is 1. The van der Waals surface area contributed by atoms with Crippen molar-refractivity contribution in [2.45, 2.75) is 32.6 Å². The molecule has 0 aliphatic heterocycles. The molecule has 0 saturated carbocycles. The number of rotatable bonds is 3. The Kier molecular flexibility index (Phi) is 4.70. The van der Waals surface area contributed by atoms with E-state index in [4.69, 9.17) is 0 Å². The highest BCUT2D eigenvalue weighted by molar-refractivity contribution is 6.03. The zero-order valence-electron chi connectivity index (χ0n) is 12.2. The number of esters is 1. The second-order valence-electron chi connectivity index (χ2n) is 5.50. The maximum Gasteiger partial charge on any atom is 0.315 e. The Morgan fingerprint density at radius 2 is 1.68 bits per heavy atom. The Hall–Kier alpha value is -1.84. The van der Waals surface area contributed by atoms with Gasteiger partial charge in [-0.1, -0.05) is 32.9 Å². The van der Waals surface area contributed by atoms with Gasteiger partial charge >= 0.3 is 5.97 Å². The number of hydrogen-bond acceptors (Lipinski definition) is 3. The average molecular weight is 263 g/mol. The molecular formula is C15H21NO3. The molecule has 0 atom stereocenters. The van der Waals surface area contributed by atoms with E-state index in [1.54, 1.807) is 7.05 Å². The Morgan fingerprint density at radius 3 is 2.11 bits per heavy atom. The van der Waals surface area contributed by atoms with Gasteiger partial charge in [0.1, 0.15) is 6.42 Å². The number of carbonyl (C=O) groups excluding carboxylic acids is 2. The summed E-state index contributed by atoms with van der Waals surface area (Å²) in [6, 6.07) is 7.76. The molecule has 0 fully saturated rings. The molecule has 4 nitrogen and oxygen atoms in total. The number of hydrogen-bond donors (Lipinski definition) is 0. The number of benzene rings is 1. The molecule has 0 aliphatic carbocycles. The highest BCUT2D eigenvalue weighted by Crippen LogP contribution is 2.24. The molecule has 0 unspecified atom stereocenters. The molecule has 0 radical (unpaired) electrons. The zero-order chi connectivity index (χ0) is 14.6. The van der Waals surface area contributed by atoms with E-state index >= 15 is 0 Å². The predicted molar refractivity (Wildman–Crippen MR) is 75.2 cm³/mol. The molecule has 4 heteroatoms. The number of anilines is 1. The molecule has 1 rings (SSSR count). The lowest BCUT2D eigenvalue weighted by molar-refractivity contribution is -0.143. The maximum absolute atomic E-state index is 11.8. The van der Waals surface area contributed by atoms with Gasteiger partial charge in [0.2, 0.25) is 5.91 Å². The van der Waals surface area contributed by atoms with Crippen LogP contribution >= 0.6 is 0 Å². The molecule has 1 aromatic carbocycles. The Morgan fingerprint density at radius 1 is 1.16 bits per heavy atom. The fraction of sp³-hybridized carbons (Fsp3) is 0.467. The summed E-state index contributed by atoms with van der Waals surface area (Å²) in [5.74, 6) is -0.807. The molecule has 0 heterocycles. The number of amides is 1. The fourth-order valence-electron chi connectivity index (χ4n) is 1.64. The van der Waals surface area contributed by atoms with Crippen molar-refractivity contribution >= 4 is 17.6 Å². The van der Waals surface area contributed by atoms with Crippen molar-refractivity contribution < 1.29 is 14.3 Å². The minimum absolute atomic E-state index is 0.0765. The average Bonchev–Trinajstić information content (AvgIpc) is 2.36. The topological polar surface area (TPSA) is 46.6 Å². The van der Waals surface area contributed by atoms with Gasteiger partial charge in [-0.2, -0.15) is 0 Å². The van der Waals surface area contributed by atoms with Crippen LogP contribution in [0.2, 0.25) is 0 Å². The summed E-state index contributed by atoms with van der Waals surface area (Å²) < 4.78 is 4.48. The lowest BCUT2D eigenvalue weighted by atomic mass is 9.87. The minimum atomic E-state index is -0.525. The summed E-state index contributed by atoms with van der Waals surface area (Å²) in [5, 5.41) is 0. The summed E-state index contributed by atoms with van der Waals surface area (Å²) in [6.07, 6.45) is -0.242. The molecule has 0 aliphatic rings. The molecule has 19 heavy (non-hydrogen) atoms. The molecule has 0 N–H and O–H groups in total. The molecule has 0 spiro atoms. The maximum atomic E-state index is 11.8. The van der Waals surface area contributed by atoms with E-state index in [0.717, 1.165) is 5.69 Å². The number of carbonyl (C=O) groups is 2. The smallest absolute Gasteiger partial charge is 0.315 e. The van der Waals surface area contributed by atoms with Crippen molar-refractivity contribution in [1.29, 1.82) is 0 Å². The van der Waals surface area contributed by atoms with Crippen molar-refractivity contribution in [1.82, 2.24) is 0 Å². The highest BCUT2D eigenvalue weighted by atomic mass is 16.5. The molecule has 1 aromatic rings. The summed E-state index contributed by atoms with van der Waals surface area (Å²) in [7, 11) is 2.92. The minimum Gasteiger partial charge on any atom is -0.469 e. The van der Waals surface area contributed by atoms with Crippen molar-refractivity contribution in [2.75, 3.05) is 19.1 Å². The fourth-order valence-corrected chi connectivity index (χ4v) is 1.64. The van der Waals surface area contributed by atoms with E-state index in [-0.39, 0.29) is 17.7 Å². The monoisotopic (exact) mass is 263 g/mol. The van der Waals surface area contributed by atoms with E-state index < -0.39 is 5.97 Å². The third kappa shape index (κ3) is 4.09. The van der Waals surface area contributed by atoms with Crippen LogP contribution in [0.4, 0.5) is 5.69 Å². The first-order valence-corrected chi connectivity index (χ1v) is 6.19. The third-order valence-corrected chi connectivity index (χ3v) is 3.02. The van der Waals surface area contributed by atoms with Crippen LogP contribution in [0.3, 0.4) is 0 Å². The lowest BCUT2D eigenvalue weighted by Crippen LogP contribution is -2.28. The van der Waals surface area contributed by atoms with Gasteiger partial charge in [0.05, 0.1) is 7.11 Å². The molecule has 104 valence electrons. The van der Waals surface area contributed by atoms with Crippen LogP contribution in [0, 0.1) is 0 Å². The highest BCUT2D eigenvalue weighted by Gasteiger charge is 2.17. The van der Waals surface area contributed by atoms with Crippen LogP contribution in [-0.4, -0.2) is 26.0 Å². The third-order valence-electron chi connectivity index (χ3n) is 3.02. The number of nitrogens with zero attached hydrogens (tertiary/aromatic N) is 1. The van der Waals surface area contributed by atoms with Gasteiger partial charge in [-0.25, -0.2) is 0 Å². The van der Waals surface area contributed by atoms with Gasteiger partial charge in [0, 0.05) is 12.7 Å². The summed E-state index contributed by atoms with van der Waals surface area (Å²) in [5.41, 5.74) is 2.04. The van der Waals surface area contributed by atoms with Gasteiger partial charge in [-0.05, 0) is 23.1 Å². The second-order valence-corrected chi connectivity index (χ2v) is 5.50. The first-order valence-electron chi connectivity index (χ1n) is 6.19. The van der Waals surface area contributed by atoms with Crippen LogP contribution in [0.15, 0.2) is 24.3 Å². The van der Waals surface area contributed by atoms with Gasteiger partial charge in [0.15, 0.2) is 0 Å². The normalized spacial score (nSPS) is 11.0. The van der Waals surface area contributed by atoms with Crippen LogP contribution in [0.25, 0.3) is 0 Å². The van der Waals surface area contributed by atoms with Crippen molar-refractivity contribution in [3.63, 3.8) is 0 Å². The number of ether oxygens (including phenoxy) is 1. The van der Waals surface area contributed by atoms with Crippen LogP contribution in [-0.2, 0) is 19.7 Å². The molecule has 0 aromatic heterocycles. The first kappa shape index (κ1) is 15.2. The molecule has 1 amide bonds. The van der Waals surface area contributed by atoms with Crippen molar-refractivity contribution in [3.05, 3.63) is 29.8 Å². The van der Waals surface area contributed by atoms with Gasteiger partial charge in [-0.15, -0.1) is 0 Å². The van der Waals surface area contributed by atoms with Crippen molar-refractivity contribution in [2.24, 2.45) is 0 Å². The second kappa shape index (κ2) is 5.87. The van der Waals surface area contributed by atoms with Crippen LogP contribution in [0.5, 0.6) is 0 Å². The first-order chi connectivity index (χ1) is 8.75. The van der Waals surface area contributed by atoms with E-state index in [9.17, 15) is 9.59 Å². The van der Waals surface area contributed by atoms with Gasteiger partial charge < -0.3 is 9.64 Å². The van der Waals surface area contributed by atoms with Crippen LogP contribution < -0.4 is 4.90 Å². The SMILES string of the molecule is COC(=O)CC(=O)N(C)c1ccc(C(C)(C)C)cc1. The van der Waals surface area contributed by atoms with Crippen LogP contribution in [0.1, 0.15) is 32.8 Å². The zero-order valence-corrected chi connectivity index (χ0v) is 12.2. The van der Waals surface area contributed by atoms with E-state index in [0.29, 0.717) is 0 Å². The summed E-state index contributed by atoms with van der Waals surface area (Å²) in [6.45, 7) is 6.40. The molecule has 0 saturated heterocycles. The summed E-state index contributed by atoms with van der Waals surface area (Å²) >= 11 is 0. The standard InChI is InChI=1S/C15H21NO3/c1-15(2,3)11-6-8-12(9-7-11)16(4)13(17)10-14(18)19-5/h6-9H,10H2,1-5H3. The van der Waals surface area contributed by atoms with E-state index in [1.807, 2.05) is 24.3 Å². The van der Waals surface area contributed by atoms with E-state index in [1.165, 1.54) is 17.6 Å². The Bertz CT molecular complexity index is 457. The quantitative estimate of drug-likeness (QED) is 0.622. The Balaban J connectivity index is 2.81. The Labute approximate surface area is 114 Å². The molecule has 0 bridgehead atoms. The predicted octanol–water partition coefficient (Wildman–Crippen LogP) is 2.51.